The quantitative estimate of drug-likeness (QED) is 0.722. The summed E-state index contributed by atoms with van der Waals surface area (Å²) in [6.07, 6.45) is 4.67. The Labute approximate surface area is 146 Å². The minimum Gasteiger partial charge on any atom is -0.340 e. The van der Waals surface area contributed by atoms with Crippen molar-refractivity contribution < 1.29 is 0 Å². The zero-order chi connectivity index (χ0) is 17.2. The maximum absolute atomic E-state index is 6.34. The number of benzene rings is 1. The standard InChI is InChI=1S/C17H22N8/c1-23-11-16(19-12-23)14-9-24(10-15(14)18)8-7-17-20-21-22-25(17)13-5-3-2-4-6-13/h2-6,11-12,14-15H,7-10,18H2,1H3/t14-,15-/m1/s1. The molecule has 1 fully saturated rings. The number of nitrogens with two attached hydrogens (primary N) is 1. The van der Waals surface area contributed by atoms with Gasteiger partial charge in [-0.1, -0.05) is 18.2 Å². The highest BCUT2D eigenvalue weighted by Gasteiger charge is 2.32. The minimum absolute atomic E-state index is 0.111. The summed E-state index contributed by atoms with van der Waals surface area (Å²) in [6.45, 7) is 2.67. The average Bonchev–Trinajstić information content (AvgIpc) is 3.33. The Morgan fingerprint density at radius 2 is 2.04 bits per heavy atom. The zero-order valence-corrected chi connectivity index (χ0v) is 14.2. The van der Waals surface area contributed by atoms with Crippen LogP contribution in [0.1, 0.15) is 17.4 Å². The molecule has 8 nitrogen and oxygen atoms in total. The van der Waals surface area contributed by atoms with Crippen LogP contribution in [-0.4, -0.2) is 60.3 Å². The van der Waals surface area contributed by atoms with E-state index in [0.717, 1.165) is 43.3 Å². The zero-order valence-electron chi connectivity index (χ0n) is 14.2. The summed E-state index contributed by atoms with van der Waals surface area (Å²) in [5.74, 6) is 1.15. The van der Waals surface area contributed by atoms with Crippen molar-refractivity contribution in [3.63, 3.8) is 0 Å². The molecule has 0 spiro atoms. The van der Waals surface area contributed by atoms with Crippen LogP contribution in [0.25, 0.3) is 5.69 Å². The lowest BCUT2D eigenvalue weighted by atomic mass is 10.0. The number of imidazole rings is 1. The molecule has 1 saturated heterocycles. The number of hydrogen-bond donors (Lipinski definition) is 1. The van der Waals surface area contributed by atoms with E-state index in [1.807, 2.05) is 48.3 Å². The Hall–Kier alpha value is -2.58. The molecule has 2 aromatic heterocycles. The molecule has 3 heterocycles. The van der Waals surface area contributed by atoms with E-state index >= 15 is 0 Å². The van der Waals surface area contributed by atoms with Crippen molar-refractivity contribution in [2.75, 3.05) is 19.6 Å². The molecule has 1 aromatic carbocycles. The van der Waals surface area contributed by atoms with Crippen molar-refractivity contribution in [3.05, 3.63) is 54.4 Å². The third-order valence-electron chi connectivity index (χ3n) is 4.73. The fourth-order valence-electron chi connectivity index (χ4n) is 3.42. The number of aryl methyl sites for hydroxylation is 1. The van der Waals surface area contributed by atoms with Gasteiger partial charge in [0.25, 0.3) is 0 Å². The summed E-state index contributed by atoms with van der Waals surface area (Å²) in [5, 5.41) is 12.1. The van der Waals surface area contributed by atoms with Gasteiger partial charge in [0.05, 0.1) is 17.7 Å². The Morgan fingerprint density at radius 1 is 1.20 bits per heavy atom. The highest BCUT2D eigenvalue weighted by molar-refractivity contribution is 5.30. The molecular formula is C17H22N8. The summed E-state index contributed by atoms with van der Waals surface area (Å²) in [7, 11) is 1.98. The molecule has 1 aliphatic rings. The molecule has 2 N–H and O–H groups in total. The summed E-state index contributed by atoms with van der Waals surface area (Å²) in [4.78, 5) is 6.84. The molecule has 0 bridgehead atoms. The van der Waals surface area contributed by atoms with Crippen molar-refractivity contribution in [2.24, 2.45) is 12.8 Å². The van der Waals surface area contributed by atoms with Gasteiger partial charge in [-0.15, -0.1) is 5.10 Å². The van der Waals surface area contributed by atoms with Crippen molar-refractivity contribution >= 4 is 0 Å². The molecule has 3 aromatic rings. The molecular weight excluding hydrogens is 316 g/mol. The fraction of sp³-hybridized carbons (Fsp3) is 0.412. The lowest BCUT2D eigenvalue weighted by Crippen LogP contribution is -2.29. The summed E-state index contributed by atoms with van der Waals surface area (Å²) in [6, 6.07) is 10.1. The number of likely N-dealkylation sites (tertiary alicyclic amines) is 1. The number of hydrogen-bond acceptors (Lipinski definition) is 6. The van der Waals surface area contributed by atoms with Crippen LogP contribution in [0.2, 0.25) is 0 Å². The first kappa shape index (κ1) is 15.9. The number of tetrazole rings is 1. The largest absolute Gasteiger partial charge is 0.340 e. The van der Waals surface area contributed by atoms with E-state index in [1.54, 1.807) is 4.68 Å². The van der Waals surface area contributed by atoms with Crippen molar-refractivity contribution in [2.45, 2.75) is 18.4 Å². The maximum atomic E-state index is 6.34. The molecule has 0 radical (unpaired) electrons. The van der Waals surface area contributed by atoms with E-state index in [4.69, 9.17) is 5.73 Å². The lowest BCUT2D eigenvalue weighted by Gasteiger charge is -2.14. The third-order valence-corrected chi connectivity index (χ3v) is 4.73. The lowest BCUT2D eigenvalue weighted by molar-refractivity contribution is 0.332. The van der Waals surface area contributed by atoms with Gasteiger partial charge in [-0.3, -0.25) is 0 Å². The van der Waals surface area contributed by atoms with E-state index in [1.165, 1.54) is 0 Å². The highest BCUT2D eigenvalue weighted by Crippen LogP contribution is 2.25. The van der Waals surface area contributed by atoms with Crippen LogP contribution >= 0.6 is 0 Å². The predicted octanol–water partition coefficient (Wildman–Crippen LogP) is 0.365. The van der Waals surface area contributed by atoms with Gasteiger partial charge in [-0.05, 0) is 22.6 Å². The maximum Gasteiger partial charge on any atom is 0.157 e. The Bertz CT molecular complexity index is 824. The molecule has 2 atom stereocenters. The van der Waals surface area contributed by atoms with Crippen molar-refractivity contribution in [3.8, 4) is 5.69 Å². The summed E-state index contributed by atoms with van der Waals surface area (Å²) < 4.78 is 3.77. The van der Waals surface area contributed by atoms with Crippen LogP contribution in [-0.2, 0) is 13.5 Å². The molecule has 4 rings (SSSR count). The molecule has 1 aliphatic heterocycles. The highest BCUT2D eigenvalue weighted by atomic mass is 15.5. The second-order valence-corrected chi connectivity index (χ2v) is 6.59. The number of rotatable bonds is 5. The van der Waals surface area contributed by atoms with Gasteiger partial charge >= 0.3 is 0 Å². The number of aromatic nitrogens is 6. The molecule has 0 saturated carbocycles. The van der Waals surface area contributed by atoms with E-state index in [-0.39, 0.29) is 12.0 Å². The van der Waals surface area contributed by atoms with Crippen LogP contribution in [0.4, 0.5) is 0 Å². The van der Waals surface area contributed by atoms with Crippen molar-refractivity contribution in [1.82, 2.24) is 34.7 Å². The number of nitrogens with zero attached hydrogens (tertiary/aromatic N) is 7. The van der Waals surface area contributed by atoms with E-state index in [0.29, 0.717) is 0 Å². The fourth-order valence-corrected chi connectivity index (χ4v) is 3.42. The first-order valence-electron chi connectivity index (χ1n) is 8.49. The monoisotopic (exact) mass is 338 g/mol. The minimum atomic E-state index is 0.111. The van der Waals surface area contributed by atoms with E-state index < -0.39 is 0 Å². The predicted molar refractivity (Wildman–Crippen MR) is 93.2 cm³/mol. The second kappa shape index (κ2) is 6.73. The van der Waals surface area contributed by atoms with Crippen LogP contribution in [0, 0.1) is 0 Å². The smallest absolute Gasteiger partial charge is 0.157 e. The molecule has 8 heteroatoms. The molecule has 0 aliphatic carbocycles. The third kappa shape index (κ3) is 3.31. The Kier molecular flexibility index (Phi) is 4.29. The van der Waals surface area contributed by atoms with Gasteiger partial charge in [-0.25, -0.2) is 4.98 Å². The van der Waals surface area contributed by atoms with Gasteiger partial charge < -0.3 is 15.2 Å². The molecule has 0 unspecified atom stereocenters. The molecule has 130 valence electrons. The van der Waals surface area contributed by atoms with Crippen molar-refractivity contribution in [1.29, 1.82) is 0 Å². The van der Waals surface area contributed by atoms with Gasteiger partial charge in [0.1, 0.15) is 0 Å². The second-order valence-electron chi connectivity index (χ2n) is 6.59. The van der Waals surface area contributed by atoms with Crippen LogP contribution in [0.5, 0.6) is 0 Å². The number of para-hydroxylation sites is 1. The van der Waals surface area contributed by atoms with Gasteiger partial charge in [0, 0.05) is 51.3 Å². The first-order chi connectivity index (χ1) is 12.2. The average molecular weight is 338 g/mol. The topological polar surface area (TPSA) is 90.7 Å². The van der Waals surface area contributed by atoms with Gasteiger partial charge in [0.15, 0.2) is 5.82 Å². The van der Waals surface area contributed by atoms with Crippen LogP contribution in [0.3, 0.4) is 0 Å². The Balaban J connectivity index is 1.41. The van der Waals surface area contributed by atoms with Crippen LogP contribution in [0.15, 0.2) is 42.9 Å². The van der Waals surface area contributed by atoms with E-state index in [2.05, 4.69) is 31.6 Å². The molecule has 25 heavy (non-hydrogen) atoms. The SMILES string of the molecule is Cn1cnc([C@@H]2CN(CCc3nnnn3-c3ccccc3)C[C@H]2N)c1. The summed E-state index contributed by atoms with van der Waals surface area (Å²) in [5.41, 5.74) is 8.40. The van der Waals surface area contributed by atoms with E-state index in [9.17, 15) is 0 Å². The van der Waals surface area contributed by atoms with Gasteiger partial charge in [-0.2, -0.15) is 4.68 Å². The van der Waals surface area contributed by atoms with Crippen LogP contribution < -0.4 is 5.73 Å². The Morgan fingerprint density at radius 3 is 2.80 bits per heavy atom. The van der Waals surface area contributed by atoms with Gasteiger partial charge in [0.2, 0.25) is 0 Å². The first-order valence-corrected chi connectivity index (χ1v) is 8.49. The summed E-state index contributed by atoms with van der Waals surface area (Å²) >= 11 is 0. The normalized spacial score (nSPS) is 21.0. The molecule has 0 amide bonds.